The van der Waals surface area contributed by atoms with Gasteiger partial charge in [0, 0.05) is 10.9 Å². The maximum absolute atomic E-state index is 12.2. The molecule has 20 heavy (non-hydrogen) atoms. The van der Waals surface area contributed by atoms with Crippen LogP contribution in [-0.2, 0) is 27.1 Å². The molecule has 1 aromatic rings. The Morgan fingerprint density at radius 1 is 1.40 bits per heavy atom. The van der Waals surface area contributed by atoms with E-state index in [1.165, 1.54) is 11.1 Å². The summed E-state index contributed by atoms with van der Waals surface area (Å²) in [5.74, 6) is -0.192. The molecule has 0 N–H and O–H groups in total. The molecule has 0 radical (unpaired) electrons. The van der Waals surface area contributed by atoms with E-state index in [1.807, 2.05) is 13.8 Å². The fourth-order valence-electron chi connectivity index (χ4n) is 3.49. The molecule has 3 nitrogen and oxygen atoms in total. The zero-order valence-electron chi connectivity index (χ0n) is 11.9. The minimum Gasteiger partial charge on any atom is -0.464 e. The van der Waals surface area contributed by atoms with Crippen LogP contribution in [0, 0.1) is 0 Å². The van der Waals surface area contributed by atoms with Crippen LogP contribution in [-0.4, -0.2) is 23.8 Å². The van der Waals surface area contributed by atoms with Gasteiger partial charge >= 0.3 is 5.97 Å². The number of carbonyl (C=O) groups is 1. The van der Waals surface area contributed by atoms with E-state index in [9.17, 15) is 4.79 Å². The van der Waals surface area contributed by atoms with Gasteiger partial charge < -0.3 is 9.47 Å². The normalized spacial score (nSPS) is 30.9. The third kappa shape index (κ3) is 1.92. The summed E-state index contributed by atoms with van der Waals surface area (Å²) in [7, 11) is 0. The Balaban J connectivity index is 1.87. The molecule has 1 heterocycles. The number of aryl methyl sites for hydroxylation is 1. The van der Waals surface area contributed by atoms with E-state index in [2.05, 4.69) is 34.1 Å². The first-order valence-corrected chi connectivity index (χ1v) is 8.01. The second-order valence-electron chi connectivity index (χ2n) is 5.59. The van der Waals surface area contributed by atoms with Crippen LogP contribution in [0.4, 0.5) is 0 Å². The second kappa shape index (κ2) is 4.85. The summed E-state index contributed by atoms with van der Waals surface area (Å²) in [6.45, 7) is 4.25. The smallest absolute Gasteiger partial charge is 0.341 e. The van der Waals surface area contributed by atoms with Crippen molar-refractivity contribution in [3.05, 3.63) is 33.8 Å². The Bertz CT molecular complexity index is 557. The van der Waals surface area contributed by atoms with Crippen molar-refractivity contribution in [1.29, 1.82) is 0 Å². The van der Waals surface area contributed by atoms with Crippen LogP contribution in [0.3, 0.4) is 0 Å². The highest BCUT2D eigenvalue weighted by Gasteiger charge is 2.74. The highest BCUT2D eigenvalue weighted by Crippen LogP contribution is 2.57. The van der Waals surface area contributed by atoms with Gasteiger partial charge in [0.05, 0.1) is 6.61 Å². The van der Waals surface area contributed by atoms with Gasteiger partial charge in [0.15, 0.2) is 5.60 Å². The lowest BCUT2D eigenvalue weighted by molar-refractivity contribution is -0.149. The summed E-state index contributed by atoms with van der Waals surface area (Å²) in [6, 6.07) is 6.36. The molecule has 1 saturated heterocycles. The molecule has 2 atom stereocenters. The van der Waals surface area contributed by atoms with Crippen LogP contribution in [0.1, 0.15) is 37.8 Å². The SMILES string of the molecule is CCOC(=O)C1(CC)OC12CCc1cc(Br)ccc1C2. The second-order valence-corrected chi connectivity index (χ2v) is 6.50. The summed E-state index contributed by atoms with van der Waals surface area (Å²) in [6.07, 6.45) is 3.33. The highest BCUT2D eigenvalue weighted by molar-refractivity contribution is 9.10. The number of hydrogen-bond acceptors (Lipinski definition) is 3. The number of fused-ring (bicyclic) bond motifs is 1. The van der Waals surface area contributed by atoms with Crippen molar-refractivity contribution in [2.45, 2.75) is 50.7 Å². The van der Waals surface area contributed by atoms with E-state index < -0.39 is 5.60 Å². The third-order valence-corrected chi connectivity index (χ3v) is 5.10. The average Bonchev–Trinajstić information content (AvgIpc) is 3.08. The van der Waals surface area contributed by atoms with Gasteiger partial charge in [-0.05, 0) is 49.4 Å². The van der Waals surface area contributed by atoms with Crippen molar-refractivity contribution in [2.24, 2.45) is 0 Å². The third-order valence-electron chi connectivity index (χ3n) is 4.61. The van der Waals surface area contributed by atoms with Crippen molar-refractivity contribution >= 4 is 21.9 Å². The summed E-state index contributed by atoms with van der Waals surface area (Å²) >= 11 is 3.51. The van der Waals surface area contributed by atoms with E-state index in [1.54, 1.807) is 0 Å². The van der Waals surface area contributed by atoms with Gasteiger partial charge in [-0.2, -0.15) is 0 Å². The molecule has 0 saturated carbocycles. The molecule has 108 valence electrons. The molecule has 2 unspecified atom stereocenters. The summed E-state index contributed by atoms with van der Waals surface area (Å²) in [5, 5.41) is 0. The van der Waals surface area contributed by atoms with Crippen LogP contribution < -0.4 is 0 Å². The quantitative estimate of drug-likeness (QED) is 0.626. The number of epoxide rings is 1. The van der Waals surface area contributed by atoms with Gasteiger partial charge in [-0.15, -0.1) is 0 Å². The number of halogens is 1. The number of carbonyl (C=O) groups excluding carboxylic acids is 1. The van der Waals surface area contributed by atoms with Crippen LogP contribution >= 0.6 is 15.9 Å². The zero-order chi connectivity index (χ0) is 14.4. The summed E-state index contributed by atoms with van der Waals surface area (Å²) < 4.78 is 12.3. The molecule has 1 spiro atoms. The Kier molecular flexibility index (Phi) is 3.41. The van der Waals surface area contributed by atoms with Gasteiger partial charge in [0.25, 0.3) is 0 Å². The average molecular weight is 339 g/mol. The van der Waals surface area contributed by atoms with Gasteiger partial charge in [0.1, 0.15) is 5.60 Å². The fraction of sp³-hybridized carbons (Fsp3) is 0.562. The van der Waals surface area contributed by atoms with E-state index >= 15 is 0 Å². The van der Waals surface area contributed by atoms with Crippen molar-refractivity contribution in [1.82, 2.24) is 0 Å². The minimum absolute atomic E-state index is 0.192. The molecule has 4 heteroatoms. The Morgan fingerprint density at radius 3 is 2.90 bits per heavy atom. The maximum atomic E-state index is 12.2. The first-order chi connectivity index (χ1) is 9.57. The van der Waals surface area contributed by atoms with Crippen molar-refractivity contribution in [3.63, 3.8) is 0 Å². The van der Waals surface area contributed by atoms with Gasteiger partial charge in [-0.3, -0.25) is 0 Å². The van der Waals surface area contributed by atoms with Gasteiger partial charge in [-0.25, -0.2) is 4.79 Å². The monoisotopic (exact) mass is 338 g/mol. The number of benzene rings is 1. The van der Waals surface area contributed by atoms with Crippen LogP contribution in [0.15, 0.2) is 22.7 Å². The van der Waals surface area contributed by atoms with E-state index in [-0.39, 0.29) is 11.6 Å². The van der Waals surface area contributed by atoms with Crippen LogP contribution in [0.5, 0.6) is 0 Å². The van der Waals surface area contributed by atoms with Gasteiger partial charge in [0.2, 0.25) is 0 Å². The van der Waals surface area contributed by atoms with Crippen LogP contribution in [0.2, 0.25) is 0 Å². The first-order valence-electron chi connectivity index (χ1n) is 7.21. The molecular formula is C16H19BrO3. The van der Waals surface area contributed by atoms with Crippen molar-refractivity contribution in [3.8, 4) is 0 Å². The molecule has 1 aliphatic heterocycles. The first kappa shape index (κ1) is 14.1. The molecule has 0 bridgehead atoms. The topological polar surface area (TPSA) is 38.8 Å². The fourth-order valence-corrected chi connectivity index (χ4v) is 3.89. The molecule has 2 aliphatic rings. The molecule has 1 aliphatic carbocycles. The standard InChI is InChI=1S/C16H19BrO3/c1-3-16(14(18)19-4-2)15(20-16)8-7-11-9-13(17)6-5-12(11)10-15/h5-6,9H,3-4,7-8,10H2,1-2H3. The number of rotatable bonds is 3. The van der Waals surface area contributed by atoms with Crippen molar-refractivity contribution in [2.75, 3.05) is 6.61 Å². The highest BCUT2D eigenvalue weighted by atomic mass is 79.9. The number of esters is 1. The predicted octanol–water partition coefficient (Wildman–Crippen LogP) is 3.42. The zero-order valence-corrected chi connectivity index (χ0v) is 13.5. The molecule has 0 aromatic heterocycles. The minimum atomic E-state index is -0.715. The van der Waals surface area contributed by atoms with Crippen LogP contribution in [0.25, 0.3) is 0 Å². The predicted molar refractivity (Wildman–Crippen MR) is 79.6 cm³/mol. The lowest BCUT2D eigenvalue weighted by atomic mass is 9.76. The maximum Gasteiger partial charge on any atom is 0.341 e. The molecular weight excluding hydrogens is 320 g/mol. The molecule has 0 amide bonds. The lowest BCUT2D eigenvalue weighted by Crippen LogP contribution is -2.38. The number of ether oxygens (including phenoxy) is 2. The molecule has 1 aromatic carbocycles. The Labute approximate surface area is 127 Å². The number of hydrogen-bond donors (Lipinski definition) is 0. The largest absolute Gasteiger partial charge is 0.464 e. The molecule has 1 fully saturated rings. The van der Waals surface area contributed by atoms with Gasteiger partial charge in [-0.1, -0.05) is 28.9 Å². The van der Waals surface area contributed by atoms with E-state index in [4.69, 9.17) is 9.47 Å². The lowest BCUT2D eigenvalue weighted by Gasteiger charge is -2.25. The molecule has 3 rings (SSSR count). The summed E-state index contributed by atoms with van der Waals surface area (Å²) in [5.41, 5.74) is 1.59. The van der Waals surface area contributed by atoms with E-state index in [0.29, 0.717) is 13.0 Å². The Morgan fingerprint density at radius 2 is 2.20 bits per heavy atom. The summed E-state index contributed by atoms with van der Waals surface area (Å²) in [4.78, 5) is 12.2. The van der Waals surface area contributed by atoms with Crippen molar-refractivity contribution < 1.29 is 14.3 Å². The van der Waals surface area contributed by atoms with E-state index in [0.717, 1.165) is 23.7 Å². The Hall–Kier alpha value is -0.870.